The smallest absolute Gasteiger partial charge is 0.317 e. The van der Waals surface area contributed by atoms with Crippen molar-refractivity contribution in [3.8, 4) is 0 Å². The molecule has 3 rings (SSSR count). The summed E-state index contributed by atoms with van der Waals surface area (Å²) >= 11 is 0. The van der Waals surface area contributed by atoms with Gasteiger partial charge in [0.2, 0.25) is 0 Å². The number of rotatable bonds is 11. The monoisotopic (exact) mass is 530 g/mol. The lowest BCUT2D eigenvalue weighted by Gasteiger charge is -2.36. The molecule has 0 bridgehead atoms. The van der Waals surface area contributed by atoms with Gasteiger partial charge in [-0.15, -0.1) is 0 Å². The van der Waals surface area contributed by atoms with Crippen molar-refractivity contribution in [2.75, 3.05) is 44.9 Å². The number of carbonyl (C=O) groups excluding carboxylic acids is 1. The van der Waals surface area contributed by atoms with E-state index in [4.69, 9.17) is 24.1 Å². The maximum absolute atomic E-state index is 13.1. The van der Waals surface area contributed by atoms with Crippen LogP contribution in [0.3, 0.4) is 0 Å². The van der Waals surface area contributed by atoms with Gasteiger partial charge in [-0.2, -0.15) is 0 Å². The first-order valence-corrected chi connectivity index (χ1v) is 14.8. The Bertz CT molecular complexity index is 848. The predicted molar refractivity (Wildman–Crippen MR) is 132 cm³/mol. The van der Waals surface area contributed by atoms with Gasteiger partial charge in [0.25, 0.3) is 0 Å². The SMILES string of the molecule is CC1(C(=O)OCCSSc2ccccn2)COCOCOC1c1ccc(SSCCO)nc1. The molecule has 0 aliphatic carbocycles. The van der Waals surface area contributed by atoms with Gasteiger partial charge in [-0.05, 0) is 46.7 Å². The van der Waals surface area contributed by atoms with Crippen molar-refractivity contribution in [1.29, 1.82) is 0 Å². The van der Waals surface area contributed by atoms with Crippen LogP contribution in [-0.2, 0) is 23.7 Å². The Hall–Kier alpha value is -0.990. The van der Waals surface area contributed by atoms with Crippen molar-refractivity contribution in [1.82, 2.24) is 9.97 Å². The van der Waals surface area contributed by atoms with Gasteiger partial charge in [-0.1, -0.05) is 33.7 Å². The molecule has 2 unspecified atom stereocenters. The van der Waals surface area contributed by atoms with Crippen molar-refractivity contribution < 1.29 is 28.8 Å². The lowest BCUT2D eigenvalue weighted by molar-refractivity contribution is -0.227. The van der Waals surface area contributed by atoms with E-state index in [0.717, 1.165) is 15.6 Å². The van der Waals surface area contributed by atoms with E-state index < -0.39 is 17.5 Å². The molecule has 0 radical (unpaired) electrons. The molecule has 1 aliphatic rings. The Morgan fingerprint density at radius 1 is 1.12 bits per heavy atom. The third kappa shape index (κ3) is 8.32. The normalized spacial score (nSPS) is 21.2. The van der Waals surface area contributed by atoms with Gasteiger partial charge in [0.05, 0.1) is 13.2 Å². The molecule has 2 aromatic rings. The highest BCUT2D eigenvalue weighted by Crippen LogP contribution is 2.40. The molecule has 180 valence electrons. The van der Waals surface area contributed by atoms with Crippen LogP contribution in [0.4, 0.5) is 0 Å². The molecule has 2 aromatic heterocycles. The van der Waals surface area contributed by atoms with E-state index in [-0.39, 0.29) is 33.4 Å². The van der Waals surface area contributed by atoms with Crippen LogP contribution < -0.4 is 0 Å². The zero-order valence-electron chi connectivity index (χ0n) is 18.1. The zero-order chi connectivity index (χ0) is 23.4. The van der Waals surface area contributed by atoms with E-state index in [1.807, 2.05) is 30.3 Å². The summed E-state index contributed by atoms with van der Waals surface area (Å²) in [6, 6.07) is 9.49. The standard InChI is InChI=1S/C21H26N2O6S4/c1-21(20(25)28-9-11-31-32-17-4-2-3-7-22-17)13-26-14-27-15-29-19(21)16-5-6-18(23-12-16)33-30-10-8-24/h2-7,12,19,24H,8-11,13-15H2,1H3. The highest BCUT2D eigenvalue weighted by molar-refractivity contribution is 8.77. The van der Waals surface area contributed by atoms with Gasteiger partial charge in [0, 0.05) is 29.5 Å². The van der Waals surface area contributed by atoms with Gasteiger partial charge >= 0.3 is 5.97 Å². The molecule has 1 saturated heterocycles. The minimum absolute atomic E-state index is 0.00699. The molecule has 3 heterocycles. The first-order chi connectivity index (χ1) is 16.1. The Kier molecular flexibility index (Phi) is 11.6. The van der Waals surface area contributed by atoms with E-state index in [1.165, 1.54) is 21.6 Å². The quantitative estimate of drug-likeness (QED) is 0.256. The fourth-order valence-corrected chi connectivity index (χ4v) is 6.25. The average molecular weight is 531 g/mol. The van der Waals surface area contributed by atoms with Crippen molar-refractivity contribution in [2.45, 2.75) is 23.1 Å². The van der Waals surface area contributed by atoms with Gasteiger partial charge < -0.3 is 24.1 Å². The van der Waals surface area contributed by atoms with Crippen LogP contribution in [0.1, 0.15) is 18.6 Å². The third-order valence-corrected chi connectivity index (χ3v) is 8.97. The van der Waals surface area contributed by atoms with Crippen LogP contribution in [0.25, 0.3) is 0 Å². The molecule has 0 aromatic carbocycles. The molecule has 1 N–H and O–H groups in total. The van der Waals surface area contributed by atoms with Crippen molar-refractivity contribution >= 4 is 49.1 Å². The van der Waals surface area contributed by atoms with E-state index in [1.54, 1.807) is 40.9 Å². The van der Waals surface area contributed by atoms with E-state index in [0.29, 0.717) is 11.5 Å². The topological polar surface area (TPSA) is 100 Å². The third-order valence-electron chi connectivity index (χ3n) is 4.49. The number of esters is 1. The van der Waals surface area contributed by atoms with Crippen molar-refractivity contribution in [3.05, 3.63) is 48.3 Å². The number of carbonyl (C=O) groups is 1. The number of aliphatic hydroxyl groups is 1. The largest absolute Gasteiger partial charge is 0.464 e. The second-order valence-corrected chi connectivity index (χ2v) is 11.9. The number of nitrogens with zero attached hydrogens (tertiary/aromatic N) is 2. The van der Waals surface area contributed by atoms with E-state index >= 15 is 0 Å². The molecule has 2 atom stereocenters. The molecule has 8 nitrogen and oxygen atoms in total. The summed E-state index contributed by atoms with van der Waals surface area (Å²) < 4.78 is 22.4. The minimum atomic E-state index is -1.06. The maximum Gasteiger partial charge on any atom is 0.317 e. The number of pyridine rings is 2. The van der Waals surface area contributed by atoms with Crippen LogP contribution in [0, 0.1) is 5.41 Å². The molecular weight excluding hydrogens is 505 g/mol. The number of aromatic nitrogens is 2. The molecule has 33 heavy (non-hydrogen) atoms. The van der Waals surface area contributed by atoms with Crippen LogP contribution in [0.5, 0.6) is 0 Å². The van der Waals surface area contributed by atoms with Crippen molar-refractivity contribution in [2.24, 2.45) is 5.41 Å². The summed E-state index contributed by atoms with van der Waals surface area (Å²) in [7, 11) is 6.12. The summed E-state index contributed by atoms with van der Waals surface area (Å²) in [5.74, 6) is 0.851. The predicted octanol–water partition coefficient (Wildman–Crippen LogP) is 4.22. The molecule has 1 aliphatic heterocycles. The summed E-state index contributed by atoms with van der Waals surface area (Å²) in [5.41, 5.74) is -0.329. The van der Waals surface area contributed by atoms with E-state index in [2.05, 4.69) is 9.97 Å². The summed E-state index contributed by atoms with van der Waals surface area (Å²) in [6.07, 6.45) is 2.80. The zero-order valence-corrected chi connectivity index (χ0v) is 21.4. The number of hydrogen-bond acceptors (Lipinski definition) is 12. The summed E-state index contributed by atoms with van der Waals surface area (Å²) in [6.45, 7) is 2.29. The minimum Gasteiger partial charge on any atom is -0.464 e. The van der Waals surface area contributed by atoms with Crippen LogP contribution in [-0.4, -0.2) is 66.0 Å². The highest BCUT2D eigenvalue weighted by atomic mass is 33.1. The summed E-state index contributed by atoms with van der Waals surface area (Å²) in [5, 5.41) is 10.6. The molecule has 0 spiro atoms. The lowest BCUT2D eigenvalue weighted by atomic mass is 9.81. The molecule has 12 heteroatoms. The van der Waals surface area contributed by atoms with Gasteiger partial charge in [0.15, 0.2) is 0 Å². The Morgan fingerprint density at radius 2 is 1.94 bits per heavy atom. The molecular formula is C21H26N2O6S4. The van der Waals surface area contributed by atoms with E-state index in [9.17, 15) is 4.79 Å². The molecule has 0 saturated carbocycles. The number of ether oxygens (including phenoxy) is 4. The molecule has 1 fully saturated rings. The van der Waals surface area contributed by atoms with Crippen LogP contribution >= 0.6 is 43.2 Å². The second-order valence-electron chi connectivity index (χ2n) is 7.02. The van der Waals surface area contributed by atoms with Crippen LogP contribution in [0.2, 0.25) is 0 Å². The van der Waals surface area contributed by atoms with Gasteiger partial charge in [0.1, 0.15) is 41.8 Å². The number of hydrogen-bond donors (Lipinski definition) is 1. The Labute approximate surface area is 209 Å². The first kappa shape index (κ1) is 26.6. The second kappa shape index (κ2) is 14.4. The fraction of sp³-hybridized carbons (Fsp3) is 0.476. The van der Waals surface area contributed by atoms with Gasteiger partial charge in [-0.3, -0.25) is 4.79 Å². The molecule has 0 amide bonds. The van der Waals surface area contributed by atoms with Crippen LogP contribution in [0.15, 0.2) is 52.8 Å². The van der Waals surface area contributed by atoms with Gasteiger partial charge in [-0.25, -0.2) is 9.97 Å². The highest BCUT2D eigenvalue weighted by Gasteiger charge is 2.46. The fourth-order valence-electron chi connectivity index (χ4n) is 2.92. The summed E-state index contributed by atoms with van der Waals surface area (Å²) in [4.78, 5) is 21.9. The number of aliphatic hydroxyl groups excluding tert-OH is 1. The van der Waals surface area contributed by atoms with Crippen molar-refractivity contribution in [3.63, 3.8) is 0 Å². The maximum atomic E-state index is 13.1. The Balaban J connectivity index is 1.59. The Morgan fingerprint density at radius 3 is 2.67 bits per heavy atom. The first-order valence-electron chi connectivity index (χ1n) is 10.1. The average Bonchev–Trinajstić information content (AvgIpc) is 2.83. The lowest BCUT2D eigenvalue weighted by Crippen LogP contribution is -2.43.